The first-order valence-electron chi connectivity index (χ1n) is 6.43. The van der Waals surface area contributed by atoms with Gasteiger partial charge in [-0.25, -0.2) is 0 Å². The van der Waals surface area contributed by atoms with Crippen molar-refractivity contribution in [3.63, 3.8) is 0 Å². The number of aliphatic carboxylic acids is 1. The van der Waals surface area contributed by atoms with E-state index in [0.29, 0.717) is 19.0 Å². The van der Waals surface area contributed by atoms with Gasteiger partial charge < -0.3 is 14.6 Å². The number of ether oxygens (including phenoxy) is 2. The number of halogens is 1. The summed E-state index contributed by atoms with van der Waals surface area (Å²) in [4.78, 5) is 11.0. The van der Waals surface area contributed by atoms with Crippen molar-refractivity contribution in [2.75, 3.05) is 13.2 Å². The molecule has 0 atom stereocenters. The summed E-state index contributed by atoms with van der Waals surface area (Å²) in [5.74, 6) is 0.697. The maximum Gasteiger partial charge on any atom is 0.304 e. The third-order valence-corrected chi connectivity index (χ3v) is 4.56. The number of rotatable bonds is 3. The van der Waals surface area contributed by atoms with Crippen molar-refractivity contribution in [2.45, 2.75) is 31.1 Å². The molecular formula is C14H15BrO4. The third kappa shape index (κ3) is 2.31. The van der Waals surface area contributed by atoms with E-state index in [1.165, 1.54) is 0 Å². The summed E-state index contributed by atoms with van der Waals surface area (Å²) in [6, 6.07) is 3.86. The van der Waals surface area contributed by atoms with E-state index in [1.807, 2.05) is 12.1 Å². The number of carbonyl (C=O) groups is 1. The molecule has 1 aliphatic heterocycles. The molecule has 0 aromatic heterocycles. The van der Waals surface area contributed by atoms with Crippen LogP contribution in [0.1, 0.15) is 31.2 Å². The van der Waals surface area contributed by atoms with Gasteiger partial charge in [0.05, 0.1) is 24.1 Å². The molecule has 5 heteroatoms. The van der Waals surface area contributed by atoms with Crippen molar-refractivity contribution in [3.05, 3.63) is 22.2 Å². The summed E-state index contributed by atoms with van der Waals surface area (Å²) in [6.07, 6.45) is 2.86. The molecule has 0 saturated heterocycles. The lowest BCUT2D eigenvalue weighted by Crippen LogP contribution is -2.14. The number of fused-ring (bicyclic) bond motifs is 1. The van der Waals surface area contributed by atoms with Crippen LogP contribution in [0.3, 0.4) is 0 Å². The Morgan fingerprint density at radius 3 is 2.74 bits per heavy atom. The fraction of sp³-hybridized carbons (Fsp3) is 0.500. The predicted octanol–water partition coefficient (Wildman–Crippen LogP) is 3.12. The van der Waals surface area contributed by atoms with E-state index in [1.54, 1.807) is 0 Å². The van der Waals surface area contributed by atoms with Crippen LogP contribution >= 0.6 is 15.9 Å². The summed E-state index contributed by atoms with van der Waals surface area (Å²) < 4.78 is 12.2. The molecule has 1 heterocycles. The lowest BCUT2D eigenvalue weighted by Gasteiger charge is -2.18. The van der Waals surface area contributed by atoms with Crippen LogP contribution in [0.25, 0.3) is 0 Å². The minimum Gasteiger partial charge on any atom is -0.490 e. The quantitative estimate of drug-likeness (QED) is 0.927. The van der Waals surface area contributed by atoms with Crippen LogP contribution in [-0.4, -0.2) is 24.3 Å². The van der Waals surface area contributed by atoms with Crippen molar-refractivity contribution in [3.8, 4) is 11.5 Å². The van der Waals surface area contributed by atoms with Crippen LogP contribution in [0, 0.1) is 0 Å². The number of hydrogen-bond acceptors (Lipinski definition) is 3. The second-order valence-corrected chi connectivity index (χ2v) is 5.95. The van der Waals surface area contributed by atoms with Crippen molar-refractivity contribution in [1.29, 1.82) is 0 Å². The Labute approximate surface area is 119 Å². The second kappa shape index (κ2) is 4.71. The summed E-state index contributed by atoms with van der Waals surface area (Å²) >= 11 is 3.57. The van der Waals surface area contributed by atoms with Gasteiger partial charge >= 0.3 is 5.97 Å². The van der Waals surface area contributed by atoms with Crippen LogP contribution < -0.4 is 9.47 Å². The van der Waals surface area contributed by atoms with E-state index in [4.69, 9.17) is 14.6 Å². The Kier molecular flexibility index (Phi) is 3.17. The van der Waals surface area contributed by atoms with Gasteiger partial charge in [0.2, 0.25) is 0 Å². The monoisotopic (exact) mass is 326 g/mol. The summed E-state index contributed by atoms with van der Waals surface area (Å²) in [7, 11) is 0. The number of carboxylic acid groups (broad SMARTS) is 1. The van der Waals surface area contributed by atoms with Crippen molar-refractivity contribution in [2.24, 2.45) is 0 Å². The predicted molar refractivity (Wildman–Crippen MR) is 72.9 cm³/mol. The van der Waals surface area contributed by atoms with Gasteiger partial charge in [-0.1, -0.05) is 6.07 Å². The molecule has 2 aliphatic rings. The average molecular weight is 327 g/mol. The van der Waals surface area contributed by atoms with Crippen molar-refractivity contribution >= 4 is 21.9 Å². The molecule has 3 rings (SSSR count). The Morgan fingerprint density at radius 2 is 2.05 bits per heavy atom. The Hall–Kier alpha value is -1.23. The van der Waals surface area contributed by atoms with Crippen LogP contribution in [0.5, 0.6) is 11.5 Å². The highest BCUT2D eigenvalue weighted by molar-refractivity contribution is 9.10. The minimum absolute atomic E-state index is 0.172. The largest absolute Gasteiger partial charge is 0.490 e. The van der Waals surface area contributed by atoms with Gasteiger partial charge in [-0.2, -0.15) is 0 Å². The van der Waals surface area contributed by atoms with E-state index in [0.717, 1.165) is 35.0 Å². The summed E-state index contributed by atoms with van der Waals surface area (Å²) in [6.45, 7) is 1.28. The lowest BCUT2D eigenvalue weighted by molar-refractivity contribution is -0.137. The number of carboxylic acids is 1. The van der Waals surface area contributed by atoms with Gasteiger partial charge in [0, 0.05) is 11.8 Å². The molecule has 19 heavy (non-hydrogen) atoms. The molecule has 4 nitrogen and oxygen atoms in total. The van der Waals surface area contributed by atoms with Gasteiger partial charge in [0.25, 0.3) is 0 Å². The molecule has 1 aromatic carbocycles. The molecule has 0 bridgehead atoms. The molecule has 0 unspecified atom stereocenters. The van der Waals surface area contributed by atoms with Crippen molar-refractivity contribution < 1.29 is 19.4 Å². The molecule has 1 aliphatic carbocycles. The zero-order chi connectivity index (χ0) is 13.5. The van der Waals surface area contributed by atoms with Gasteiger partial charge in [0.1, 0.15) is 0 Å². The molecule has 102 valence electrons. The molecule has 0 radical (unpaired) electrons. The normalized spacial score (nSPS) is 19.6. The molecule has 1 N–H and O–H groups in total. The van der Waals surface area contributed by atoms with Gasteiger partial charge in [0.15, 0.2) is 11.5 Å². The fourth-order valence-corrected chi connectivity index (χ4v) is 3.46. The Balaban J connectivity index is 2.00. The number of benzene rings is 1. The average Bonchev–Trinajstić information content (AvgIpc) is 3.13. The fourth-order valence-electron chi connectivity index (χ4n) is 2.59. The molecule has 0 spiro atoms. The first-order valence-corrected chi connectivity index (χ1v) is 7.22. The standard InChI is InChI=1S/C14H15BrO4/c15-12-9(14(4-5-14)8-11(16)17)2-3-10-13(12)19-7-1-6-18-10/h2-3H,1,4-8H2,(H,16,17). The van der Waals surface area contributed by atoms with E-state index in [2.05, 4.69) is 15.9 Å². The van der Waals surface area contributed by atoms with Gasteiger partial charge in [-0.15, -0.1) is 0 Å². The molecular weight excluding hydrogens is 312 g/mol. The Bertz CT molecular complexity index is 522. The maximum atomic E-state index is 11.0. The highest BCUT2D eigenvalue weighted by atomic mass is 79.9. The van der Waals surface area contributed by atoms with Crippen LogP contribution in [-0.2, 0) is 10.2 Å². The maximum absolute atomic E-state index is 11.0. The SMILES string of the molecule is O=C(O)CC1(c2ccc3c(c2Br)OCCCO3)CC1. The van der Waals surface area contributed by atoms with Crippen LogP contribution in [0.15, 0.2) is 16.6 Å². The number of hydrogen-bond donors (Lipinski definition) is 1. The van der Waals surface area contributed by atoms with E-state index in [-0.39, 0.29) is 11.8 Å². The Morgan fingerprint density at radius 1 is 1.32 bits per heavy atom. The smallest absolute Gasteiger partial charge is 0.304 e. The molecule has 1 saturated carbocycles. The first-order chi connectivity index (χ1) is 9.12. The summed E-state index contributed by atoms with van der Waals surface area (Å²) in [5, 5.41) is 9.05. The second-order valence-electron chi connectivity index (χ2n) is 5.16. The van der Waals surface area contributed by atoms with Gasteiger partial charge in [-0.05, 0) is 40.4 Å². The van der Waals surface area contributed by atoms with E-state index >= 15 is 0 Å². The van der Waals surface area contributed by atoms with E-state index < -0.39 is 5.97 Å². The highest BCUT2D eigenvalue weighted by Crippen LogP contribution is 2.55. The van der Waals surface area contributed by atoms with Crippen molar-refractivity contribution in [1.82, 2.24) is 0 Å². The van der Waals surface area contributed by atoms with Gasteiger partial charge in [-0.3, -0.25) is 4.79 Å². The van der Waals surface area contributed by atoms with Crippen LogP contribution in [0.2, 0.25) is 0 Å². The zero-order valence-electron chi connectivity index (χ0n) is 10.4. The third-order valence-electron chi connectivity index (χ3n) is 3.77. The van der Waals surface area contributed by atoms with E-state index in [9.17, 15) is 4.79 Å². The zero-order valence-corrected chi connectivity index (χ0v) is 12.0. The van der Waals surface area contributed by atoms with Crippen LogP contribution in [0.4, 0.5) is 0 Å². The minimum atomic E-state index is -0.753. The highest BCUT2D eigenvalue weighted by Gasteiger charge is 2.47. The topological polar surface area (TPSA) is 55.8 Å². The summed E-state index contributed by atoms with van der Waals surface area (Å²) in [5.41, 5.74) is 0.800. The lowest BCUT2D eigenvalue weighted by atomic mass is 9.92. The molecule has 0 amide bonds. The first kappa shape index (κ1) is 12.8. The molecule has 1 fully saturated rings. The molecule has 1 aromatic rings.